The van der Waals surface area contributed by atoms with Crippen LogP contribution in [0.25, 0.3) is 0 Å². The molecule has 0 saturated carbocycles. The van der Waals surface area contributed by atoms with Crippen LogP contribution in [0.3, 0.4) is 0 Å². The summed E-state index contributed by atoms with van der Waals surface area (Å²) in [7, 11) is 0. The van der Waals surface area contributed by atoms with Crippen LogP contribution in [0.1, 0.15) is 6.42 Å². The number of hydrogen-bond donors (Lipinski definition) is 1. The van der Waals surface area contributed by atoms with Gasteiger partial charge in [0.05, 0.1) is 6.54 Å². The van der Waals surface area contributed by atoms with Gasteiger partial charge in [0.2, 0.25) is 0 Å². The number of aromatic nitrogens is 1. The Morgan fingerprint density at radius 2 is 2.24 bits per heavy atom. The van der Waals surface area contributed by atoms with E-state index in [1.165, 1.54) is 11.3 Å². The molecule has 0 bridgehead atoms. The highest BCUT2D eigenvalue weighted by atomic mass is 35.5. The molecule has 1 saturated heterocycles. The lowest BCUT2D eigenvalue weighted by atomic mass is 10.3. The molecule has 1 atom stereocenters. The van der Waals surface area contributed by atoms with Gasteiger partial charge in [0, 0.05) is 35.3 Å². The molecule has 2 amide bonds. The number of benzene rings is 1. The van der Waals surface area contributed by atoms with Gasteiger partial charge >= 0.3 is 6.03 Å². The zero-order valence-corrected chi connectivity index (χ0v) is 12.7. The summed E-state index contributed by atoms with van der Waals surface area (Å²) < 4.78 is 5.73. The largest absolute Gasteiger partial charge is 0.465 e. The van der Waals surface area contributed by atoms with E-state index in [2.05, 4.69) is 10.3 Å². The molecule has 1 fully saturated rings. The molecule has 1 aromatic carbocycles. The number of anilines is 1. The molecule has 1 aromatic heterocycles. The van der Waals surface area contributed by atoms with Crippen molar-refractivity contribution in [3.63, 3.8) is 0 Å². The van der Waals surface area contributed by atoms with Crippen LogP contribution in [0.2, 0.25) is 5.02 Å². The van der Waals surface area contributed by atoms with Crippen molar-refractivity contribution in [2.75, 3.05) is 18.4 Å². The summed E-state index contributed by atoms with van der Waals surface area (Å²) in [5.74, 6) is 0. The number of halogens is 1. The summed E-state index contributed by atoms with van der Waals surface area (Å²) in [4.78, 5) is 18.0. The molecule has 21 heavy (non-hydrogen) atoms. The van der Waals surface area contributed by atoms with Crippen molar-refractivity contribution >= 4 is 34.7 Å². The van der Waals surface area contributed by atoms with Crippen LogP contribution in [-0.4, -0.2) is 35.1 Å². The topological polar surface area (TPSA) is 54.5 Å². The van der Waals surface area contributed by atoms with Crippen molar-refractivity contribution in [1.82, 2.24) is 9.88 Å². The normalized spacial score (nSPS) is 17.8. The minimum atomic E-state index is -0.123. The van der Waals surface area contributed by atoms with Gasteiger partial charge in [0.1, 0.15) is 6.10 Å². The standard InChI is InChI=1S/C14H14ClN3O2S/c15-10-1-3-11(4-2-10)17-13(19)18-7-5-12(9-18)20-14-16-6-8-21-14/h1-4,6,8,12H,5,7,9H2,(H,17,19). The molecule has 1 aliphatic heterocycles. The van der Waals surface area contributed by atoms with Gasteiger partial charge in [-0.3, -0.25) is 0 Å². The number of nitrogens with one attached hydrogen (secondary N) is 1. The average Bonchev–Trinajstić information content (AvgIpc) is 3.13. The van der Waals surface area contributed by atoms with E-state index in [1.54, 1.807) is 35.4 Å². The SMILES string of the molecule is O=C(Nc1ccc(Cl)cc1)N1CCC(Oc2nccs2)C1. The number of amides is 2. The van der Waals surface area contributed by atoms with Crippen LogP contribution in [0.15, 0.2) is 35.8 Å². The highest BCUT2D eigenvalue weighted by molar-refractivity contribution is 7.11. The van der Waals surface area contributed by atoms with Crippen LogP contribution in [0.5, 0.6) is 5.19 Å². The zero-order chi connectivity index (χ0) is 14.7. The van der Waals surface area contributed by atoms with Crippen molar-refractivity contribution < 1.29 is 9.53 Å². The Morgan fingerprint density at radius 1 is 1.43 bits per heavy atom. The molecule has 110 valence electrons. The molecule has 7 heteroatoms. The van der Waals surface area contributed by atoms with Crippen LogP contribution >= 0.6 is 22.9 Å². The first-order chi connectivity index (χ1) is 10.2. The number of carbonyl (C=O) groups is 1. The van der Waals surface area contributed by atoms with Gasteiger partial charge in [-0.05, 0) is 24.3 Å². The molecule has 0 radical (unpaired) electrons. The lowest BCUT2D eigenvalue weighted by Gasteiger charge is -2.17. The van der Waals surface area contributed by atoms with Crippen molar-refractivity contribution in [3.05, 3.63) is 40.9 Å². The highest BCUT2D eigenvalue weighted by Crippen LogP contribution is 2.21. The minimum Gasteiger partial charge on any atom is -0.465 e. The number of ether oxygens (including phenoxy) is 1. The van der Waals surface area contributed by atoms with E-state index in [9.17, 15) is 4.79 Å². The van der Waals surface area contributed by atoms with E-state index in [0.717, 1.165) is 12.1 Å². The Kier molecular flexibility index (Phi) is 4.26. The average molecular weight is 324 g/mol. The fraction of sp³-hybridized carbons (Fsp3) is 0.286. The summed E-state index contributed by atoms with van der Waals surface area (Å²) in [6.07, 6.45) is 2.53. The maximum Gasteiger partial charge on any atom is 0.321 e. The number of rotatable bonds is 3. The van der Waals surface area contributed by atoms with Crippen LogP contribution in [0.4, 0.5) is 10.5 Å². The van der Waals surface area contributed by atoms with E-state index in [1.807, 2.05) is 5.38 Å². The van der Waals surface area contributed by atoms with E-state index >= 15 is 0 Å². The Labute approximate surface area is 131 Å². The van der Waals surface area contributed by atoms with Gasteiger partial charge in [-0.2, -0.15) is 0 Å². The first-order valence-electron chi connectivity index (χ1n) is 6.58. The predicted octanol–water partition coefficient (Wildman–Crippen LogP) is 3.48. The van der Waals surface area contributed by atoms with Crippen molar-refractivity contribution in [2.45, 2.75) is 12.5 Å². The second kappa shape index (κ2) is 6.32. The molecule has 1 N–H and O–H groups in total. The molecule has 5 nitrogen and oxygen atoms in total. The third-order valence-corrected chi connectivity index (χ3v) is 4.12. The smallest absolute Gasteiger partial charge is 0.321 e. The first kappa shape index (κ1) is 14.2. The maximum absolute atomic E-state index is 12.2. The number of urea groups is 1. The summed E-state index contributed by atoms with van der Waals surface area (Å²) in [6.45, 7) is 1.24. The Balaban J connectivity index is 1.53. The number of carbonyl (C=O) groups excluding carboxylic acids is 1. The van der Waals surface area contributed by atoms with E-state index < -0.39 is 0 Å². The number of thiazole rings is 1. The Morgan fingerprint density at radius 3 is 2.95 bits per heavy atom. The number of nitrogens with zero attached hydrogens (tertiary/aromatic N) is 2. The van der Waals surface area contributed by atoms with Crippen LogP contribution < -0.4 is 10.1 Å². The lowest BCUT2D eigenvalue weighted by Crippen LogP contribution is -2.34. The Bertz CT molecular complexity index is 603. The summed E-state index contributed by atoms with van der Waals surface area (Å²) in [5.41, 5.74) is 0.730. The zero-order valence-electron chi connectivity index (χ0n) is 11.2. The van der Waals surface area contributed by atoms with E-state index in [0.29, 0.717) is 23.3 Å². The highest BCUT2D eigenvalue weighted by Gasteiger charge is 2.28. The van der Waals surface area contributed by atoms with Gasteiger partial charge in [-0.15, -0.1) is 0 Å². The predicted molar refractivity (Wildman–Crippen MR) is 83.2 cm³/mol. The summed E-state index contributed by atoms with van der Waals surface area (Å²) in [6, 6.07) is 6.92. The first-order valence-corrected chi connectivity index (χ1v) is 7.84. The van der Waals surface area contributed by atoms with Gasteiger partial charge in [0.15, 0.2) is 0 Å². The Hall–Kier alpha value is -1.79. The molecule has 2 aromatic rings. The fourth-order valence-corrected chi connectivity index (χ4v) is 2.83. The maximum atomic E-state index is 12.2. The van der Waals surface area contributed by atoms with Crippen LogP contribution in [0, 0.1) is 0 Å². The molecule has 0 spiro atoms. The molecule has 0 aliphatic carbocycles. The van der Waals surface area contributed by atoms with Gasteiger partial charge in [-0.25, -0.2) is 9.78 Å². The lowest BCUT2D eigenvalue weighted by molar-refractivity contribution is 0.194. The monoisotopic (exact) mass is 323 g/mol. The van der Waals surface area contributed by atoms with E-state index in [4.69, 9.17) is 16.3 Å². The van der Waals surface area contributed by atoms with Crippen molar-refractivity contribution in [3.8, 4) is 5.19 Å². The fourth-order valence-electron chi connectivity index (χ4n) is 2.16. The third-order valence-electron chi connectivity index (χ3n) is 3.20. The molecule has 1 unspecified atom stereocenters. The second-order valence-electron chi connectivity index (χ2n) is 4.71. The number of likely N-dealkylation sites (tertiary alicyclic amines) is 1. The third kappa shape index (κ3) is 3.65. The molecular formula is C14H14ClN3O2S. The van der Waals surface area contributed by atoms with Crippen molar-refractivity contribution in [1.29, 1.82) is 0 Å². The summed E-state index contributed by atoms with van der Waals surface area (Å²) in [5, 5.41) is 6.02. The summed E-state index contributed by atoms with van der Waals surface area (Å²) >= 11 is 7.28. The van der Waals surface area contributed by atoms with E-state index in [-0.39, 0.29) is 12.1 Å². The number of hydrogen-bond acceptors (Lipinski definition) is 4. The van der Waals surface area contributed by atoms with Gasteiger partial charge < -0.3 is 15.0 Å². The molecule has 1 aliphatic rings. The minimum absolute atomic E-state index is 0.00659. The van der Waals surface area contributed by atoms with Gasteiger partial charge in [0.25, 0.3) is 5.19 Å². The quantitative estimate of drug-likeness (QED) is 0.940. The molecule has 2 heterocycles. The molecular weight excluding hydrogens is 310 g/mol. The second-order valence-corrected chi connectivity index (χ2v) is 6.00. The van der Waals surface area contributed by atoms with Crippen LogP contribution in [-0.2, 0) is 0 Å². The van der Waals surface area contributed by atoms with Crippen molar-refractivity contribution in [2.24, 2.45) is 0 Å². The molecule has 3 rings (SSSR count). The van der Waals surface area contributed by atoms with Gasteiger partial charge in [-0.1, -0.05) is 22.9 Å².